The normalized spacial score (nSPS) is 16.0. The van der Waals surface area contributed by atoms with Gasteiger partial charge in [-0.25, -0.2) is 13.2 Å². The summed E-state index contributed by atoms with van der Waals surface area (Å²) in [5.41, 5.74) is 0. The molecule has 0 aromatic carbocycles. The fourth-order valence-corrected chi connectivity index (χ4v) is 3.95. The lowest BCUT2D eigenvalue weighted by Gasteiger charge is -2.34. The maximum Gasteiger partial charge on any atom is 0.374 e. The van der Waals surface area contributed by atoms with Gasteiger partial charge in [0.05, 0.1) is 6.61 Å². The lowest BCUT2D eigenvalue weighted by molar-refractivity contribution is 0.0483. The zero-order valence-electron chi connectivity index (χ0n) is 13.6. The lowest BCUT2D eigenvalue weighted by atomic mass is 10.4. The van der Waals surface area contributed by atoms with E-state index >= 15 is 0 Å². The molecule has 0 bridgehead atoms. The minimum Gasteiger partial charge on any atom is -0.460 e. The third kappa shape index (κ3) is 4.05. The second kappa shape index (κ2) is 7.95. The first-order valence-corrected chi connectivity index (χ1v) is 9.54. The number of ether oxygens (including phenoxy) is 1. The number of nitrogens with one attached hydrogen (secondary N) is 1. The Kier molecular flexibility index (Phi) is 6.19. The van der Waals surface area contributed by atoms with Crippen molar-refractivity contribution in [3.05, 3.63) is 17.9 Å². The van der Waals surface area contributed by atoms with E-state index in [0.29, 0.717) is 31.3 Å². The quantitative estimate of drug-likeness (QED) is 0.593. The topological polar surface area (TPSA) is 92.1 Å². The van der Waals surface area contributed by atoms with Gasteiger partial charge in [0.1, 0.15) is 0 Å². The SMILES string of the molecule is CCNC(=S)N1CCN(S(=O)(=O)c2ccc(C(=O)OCC)o2)CC1. The fraction of sp³-hybridized carbons (Fsp3) is 0.571. The van der Waals surface area contributed by atoms with Crippen LogP contribution < -0.4 is 5.32 Å². The van der Waals surface area contributed by atoms with Gasteiger partial charge in [0, 0.05) is 32.7 Å². The first kappa shape index (κ1) is 18.7. The largest absolute Gasteiger partial charge is 0.460 e. The molecule has 8 nitrogen and oxygen atoms in total. The highest BCUT2D eigenvalue weighted by molar-refractivity contribution is 7.89. The van der Waals surface area contributed by atoms with Gasteiger partial charge in [-0.15, -0.1) is 0 Å². The molecule has 0 unspecified atom stereocenters. The van der Waals surface area contributed by atoms with E-state index in [1.807, 2.05) is 11.8 Å². The second-order valence-electron chi connectivity index (χ2n) is 5.07. The molecule has 1 N–H and O–H groups in total. The number of thiocarbonyl (C=S) groups is 1. The molecular weight excluding hydrogens is 354 g/mol. The van der Waals surface area contributed by atoms with E-state index in [0.717, 1.165) is 6.54 Å². The highest BCUT2D eigenvalue weighted by Crippen LogP contribution is 2.20. The summed E-state index contributed by atoms with van der Waals surface area (Å²) in [5, 5.41) is 3.41. The molecule has 10 heteroatoms. The van der Waals surface area contributed by atoms with Gasteiger partial charge >= 0.3 is 5.97 Å². The molecule has 0 radical (unpaired) electrons. The summed E-state index contributed by atoms with van der Waals surface area (Å²) in [6, 6.07) is 2.58. The van der Waals surface area contributed by atoms with Crippen molar-refractivity contribution in [2.45, 2.75) is 18.9 Å². The van der Waals surface area contributed by atoms with E-state index in [4.69, 9.17) is 21.4 Å². The molecule has 0 atom stereocenters. The van der Waals surface area contributed by atoms with Gasteiger partial charge in [-0.1, -0.05) is 0 Å². The number of nitrogens with zero attached hydrogens (tertiary/aromatic N) is 2. The Morgan fingerprint density at radius 3 is 2.54 bits per heavy atom. The molecule has 0 saturated carbocycles. The van der Waals surface area contributed by atoms with Gasteiger partial charge < -0.3 is 19.4 Å². The van der Waals surface area contributed by atoms with Gasteiger partial charge in [-0.2, -0.15) is 4.31 Å². The van der Waals surface area contributed by atoms with Crippen LogP contribution in [0.1, 0.15) is 24.4 Å². The van der Waals surface area contributed by atoms with Gasteiger partial charge in [-0.05, 0) is 38.2 Å². The van der Waals surface area contributed by atoms with Crippen LogP contribution in [-0.4, -0.2) is 68.0 Å². The lowest BCUT2D eigenvalue weighted by Crippen LogP contribution is -2.52. The number of hydrogen-bond acceptors (Lipinski definition) is 6. The average molecular weight is 375 g/mol. The third-order valence-electron chi connectivity index (χ3n) is 3.51. The van der Waals surface area contributed by atoms with Gasteiger partial charge in [0.2, 0.25) is 10.9 Å². The van der Waals surface area contributed by atoms with E-state index in [-0.39, 0.29) is 17.5 Å². The maximum absolute atomic E-state index is 12.6. The highest BCUT2D eigenvalue weighted by atomic mass is 32.2. The van der Waals surface area contributed by atoms with E-state index in [1.54, 1.807) is 6.92 Å². The fourth-order valence-electron chi connectivity index (χ4n) is 2.29. The van der Waals surface area contributed by atoms with Crippen LogP contribution in [0.2, 0.25) is 0 Å². The molecule has 0 spiro atoms. The van der Waals surface area contributed by atoms with Gasteiger partial charge in [0.15, 0.2) is 5.11 Å². The minimum absolute atomic E-state index is 0.123. The van der Waals surface area contributed by atoms with Crippen LogP contribution in [0, 0.1) is 0 Å². The predicted molar refractivity (Wildman–Crippen MR) is 91.3 cm³/mol. The molecular formula is C14H21N3O5S2. The van der Waals surface area contributed by atoms with E-state index in [9.17, 15) is 13.2 Å². The van der Waals surface area contributed by atoms with Crippen molar-refractivity contribution >= 4 is 33.3 Å². The van der Waals surface area contributed by atoms with Crippen molar-refractivity contribution in [2.75, 3.05) is 39.3 Å². The van der Waals surface area contributed by atoms with E-state index in [1.165, 1.54) is 16.4 Å². The van der Waals surface area contributed by atoms with Gasteiger partial charge in [-0.3, -0.25) is 0 Å². The number of furan rings is 1. The number of carbonyl (C=O) groups is 1. The van der Waals surface area contributed by atoms with Crippen LogP contribution in [0.4, 0.5) is 0 Å². The Morgan fingerprint density at radius 1 is 1.29 bits per heavy atom. The van der Waals surface area contributed by atoms with Crippen molar-refractivity contribution in [1.82, 2.24) is 14.5 Å². The number of sulfonamides is 1. The molecule has 1 saturated heterocycles. The minimum atomic E-state index is -3.78. The molecule has 0 amide bonds. The Morgan fingerprint density at radius 2 is 1.96 bits per heavy atom. The number of esters is 1. The summed E-state index contributed by atoms with van der Waals surface area (Å²) < 4.78 is 36.5. The Balaban J connectivity index is 2.04. The maximum atomic E-state index is 12.6. The summed E-state index contributed by atoms with van der Waals surface area (Å²) in [4.78, 5) is 13.5. The molecule has 2 heterocycles. The number of carbonyl (C=O) groups excluding carboxylic acids is 1. The third-order valence-corrected chi connectivity index (χ3v) is 5.68. The molecule has 0 aliphatic carbocycles. The van der Waals surface area contributed by atoms with Crippen LogP contribution in [-0.2, 0) is 14.8 Å². The second-order valence-corrected chi connectivity index (χ2v) is 7.32. The van der Waals surface area contributed by atoms with Crippen LogP contribution in [0.3, 0.4) is 0 Å². The highest BCUT2D eigenvalue weighted by Gasteiger charge is 2.32. The zero-order valence-corrected chi connectivity index (χ0v) is 15.3. The van der Waals surface area contributed by atoms with Crippen LogP contribution in [0.5, 0.6) is 0 Å². The Labute approximate surface area is 146 Å². The summed E-state index contributed by atoms with van der Waals surface area (Å²) in [6.45, 7) is 6.11. The van der Waals surface area contributed by atoms with E-state index in [2.05, 4.69) is 5.32 Å². The van der Waals surface area contributed by atoms with Crippen molar-refractivity contribution < 1.29 is 22.4 Å². The summed E-state index contributed by atoms with van der Waals surface area (Å²) in [6.07, 6.45) is 0. The standard InChI is InChI=1S/C14H21N3O5S2/c1-3-15-14(23)16-7-9-17(10-8-16)24(19,20)12-6-5-11(22-12)13(18)21-4-2/h5-6H,3-4,7-10H2,1-2H3,(H,15,23). The zero-order chi connectivity index (χ0) is 17.7. The molecule has 1 aromatic heterocycles. The Bertz CT molecular complexity index is 693. The summed E-state index contributed by atoms with van der Waals surface area (Å²) in [5.74, 6) is -0.804. The molecule has 2 rings (SSSR count). The van der Waals surface area contributed by atoms with Crippen LogP contribution in [0.25, 0.3) is 0 Å². The first-order chi connectivity index (χ1) is 11.4. The molecule has 1 aliphatic rings. The average Bonchev–Trinajstić information content (AvgIpc) is 3.06. The summed E-state index contributed by atoms with van der Waals surface area (Å²) >= 11 is 5.23. The van der Waals surface area contributed by atoms with Crippen LogP contribution >= 0.6 is 12.2 Å². The van der Waals surface area contributed by atoms with Crippen molar-refractivity contribution in [3.63, 3.8) is 0 Å². The number of rotatable bonds is 5. The predicted octanol–water partition coefficient (Wildman–Crippen LogP) is 0.657. The first-order valence-electron chi connectivity index (χ1n) is 7.70. The molecule has 1 aromatic rings. The van der Waals surface area contributed by atoms with Crippen molar-refractivity contribution in [2.24, 2.45) is 0 Å². The molecule has 1 fully saturated rings. The van der Waals surface area contributed by atoms with E-state index < -0.39 is 16.0 Å². The number of hydrogen-bond donors (Lipinski definition) is 1. The molecule has 1 aliphatic heterocycles. The van der Waals surface area contributed by atoms with Crippen LogP contribution in [0.15, 0.2) is 21.6 Å². The monoisotopic (exact) mass is 375 g/mol. The molecule has 24 heavy (non-hydrogen) atoms. The van der Waals surface area contributed by atoms with Crippen molar-refractivity contribution in [1.29, 1.82) is 0 Å². The number of piperazine rings is 1. The van der Waals surface area contributed by atoms with Gasteiger partial charge in [0.25, 0.3) is 10.0 Å². The smallest absolute Gasteiger partial charge is 0.374 e. The summed E-state index contributed by atoms with van der Waals surface area (Å²) in [7, 11) is -3.78. The Hall–Kier alpha value is -1.65. The molecule has 134 valence electrons. The van der Waals surface area contributed by atoms with Crippen molar-refractivity contribution in [3.8, 4) is 0 Å².